The molecule has 0 aromatic rings. The van der Waals surface area contributed by atoms with Crippen molar-refractivity contribution in [2.24, 2.45) is 0 Å². The van der Waals surface area contributed by atoms with Crippen LogP contribution in [0, 0.1) is 0 Å². The second kappa shape index (κ2) is 6.08. The minimum absolute atomic E-state index is 0.276. The zero-order valence-corrected chi connectivity index (χ0v) is 10.1. The van der Waals surface area contributed by atoms with Crippen molar-refractivity contribution >= 4 is 11.9 Å². The average Bonchev–Trinajstić information content (AvgIpc) is 2.66. The molecular formula is C12H17NO4. The maximum Gasteiger partial charge on any atom is 0.332 e. The number of likely N-dealkylation sites (tertiary alicyclic amines) is 1. The van der Waals surface area contributed by atoms with Crippen LogP contribution >= 0.6 is 0 Å². The first-order valence-electron chi connectivity index (χ1n) is 5.49. The van der Waals surface area contributed by atoms with E-state index in [1.807, 2.05) is 11.8 Å². The summed E-state index contributed by atoms with van der Waals surface area (Å²) in [7, 11) is 1.25. The summed E-state index contributed by atoms with van der Waals surface area (Å²) in [6.45, 7) is 6.62. The van der Waals surface area contributed by atoms with Gasteiger partial charge in [-0.25, -0.2) is 9.59 Å². The largest absolute Gasteiger partial charge is 0.466 e. The van der Waals surface area contributed by atoms with Crippen molar-refractivity contribution < 1.29 is 19.1 Å². The third kappa shape index (κ3) is 3.62. The van der Waals surface area contributed by atoms with E-state index >= 15 is 0 Å². The van der Waals surface area contributed by atoms with Crippen molar-refractivity contribution in [3.8, 4) is 0 Å². The number of hydrogen-bond acceptors (Lipinski definition) is 5. The summed E-state index contributed by atoms with van der Waals surface area (Å²) in [4.78, 5) is 24.1. The van der Waals surface area contributed by atoms with E-state index in [1.54, 1.807) is 0 Å². The molecule has 0 aliphatic carbocycles. The first kappa shape index (κ1) is 13.3. The molecule has 0 amide bonds. The molecule has 1 fully saturated rings. The van der Waals surface area contributed by atoms with Crippen LogP contribution in [-0.4, -0.2) is 36.7 Å². The van der Waals surface area contributed by atoms with Gasteiger partial charge in [0.25, 0.3) is 0 Å². The standard InChI is InChI=1S/C12H17NO4/c1-4-13-9(2)5-6-10(13)17-12(15)8-7-11(14)16-3/h7-8,10H,2,4-6H2,1,3H3/b8-7+. The first-order chi connectivity index (χ1) is 8.08. The van der Waals surface area contributed by atoms with Crippen LogP contribution in [0.5, 0.6) is 0 Å². The fourth-order valence-electron chi connectivity index (χ4n) is 1.72. The van der Waals surface area contributed by atoms with Gasteiger partial charge in [0.15, 0.2) is 6.23 Å². The molecule has 0 bridgehead atoms. The van der Waals surface area contributed by atoms with Crippen LogP contribution in [0.1, 0.15) is 19.8 Å². The van der Waals surface area contributed by atoms with Crippen molar-refractivity contribution in [2.45, 2.75) is 26.0 Å². The van der Waals surface area contributed by atoms with Crippen molar-refractivity contribution in [1.82, 2.24) is 4.90 Å². The second-order valence-electron chi connectivity index (χ2n) is 3.64. The maximum absolute atomic E-state index is 11.4. The third-order valence-corrected chi connectivity index (χ3v) is 2.58. The van der Waals surface area contributed by atoms with E-state index in [0.29, 0.717) is 0 Å². The monoisotopic (exact) mass is 239 g/mol. The SMILES string of the molecule is C=C1CCC(OC(=O)/C=C/C(=O)OC)N1CC. The van der Waals surface area contributed by atoms with E-state index in [4.69, 9.17) is 4.74 Å². The molecule has 1 saturated heterocycles. The maximum atomic E-state index is 11.4. The Hall–Kier alpha value is -1.78. The number of hydrogen-bond donors (Lipinski definition) is 0. The van der Waals surface area contributed by atoms with Crippen LogP contribution in [0.25, 0.3) is 0 Å². The molecule has 1 aliphatic rings. The normalized spacial score (nSPS) is 19.8. The highest BCUT2D eigenvalue weighted by Gasteiger charge is 2.27. The Morgan fingerprint density at radius 1 is 1.47 bits per heavy atom. The van der Waals surface area contributed by atoms with Crippen molar-refractivity contribution in [2.75, 3.05) is 13.7 Å². The summed E-state index contributed by atoms with van der Waals surface area (Å²) in [5.74, 6) is -1.13. The second-order valence-corrected chi connectivity index (χ2v) is 3.64. The van der Waals surface area contributed by atoms with E-state index in [2.05, 4.69) is 11.3 Å². The number of ether oxygens (including phenoxy) is 2. The minimum atomic E-state index is -0.579. The zero-order chi connectivity index (χ0) is 12.8. The van der Waals surface area contributed by atoms with Gasteiger partial charge in [0.1, 0.15) is 0 Å². The molecule has 17 heavy (non-hydrogen) atoms. The molecule has 0 spiro atoms. The predicted octanol–water partition coefficient (Wildman–Crippen LogP) is 1.21. The van der Waals surface area contributed by atoms with Crippen LogP contribution in [-0.2, 0) is 19.1 Å². The van der Waals surface area contributed by atoms with E-state index in [9.17, 15) is 9.59 Å². The van der Waals surface area contributed by atoms with Gasteiger partial charge in [0.2, 0.25) is 0 Å². The molecule has 1 aliphatic heterocycles. The van der Waals surface area contributed by atoms with Gasteiger partial charge in [-0.1, -0.05) is 6.58 Å². The third-order valence-electron chi connectivity index (χ3n) is 2.58. The van der Waals surface area contributed by atoms with Crippen LogP contribution in [0.2, 0.25) is 0 Å². The molecule has 1 unspecified atom stereocenters. The van der Waals surface area contributed by atoms with E-state index in [0.717, 1.165) is 37.2 Å². The summed E-state index contributed by atoms with van der Waals surface area (Å²) < 4.78 is 9.58. The van der Waals surface area contributed by atoms with E-state index in [1.165, 1.54) is 7.11 Å². The lowest BCUT2D eigenvalue weighted by atomic mass is 10.3. The summed E-state index contributed by atoms with van der Waals surface area (Å²) in [5.41, 5.74) is 0.974. The summed E-state index contributed by atoms with van der Waals surface area (Å²) in [6.07, 6.45) is 3.41. The number of allylic oxidation sites excluding steroid dienone is 1. The number of methoxy groups -OCH3 is 1. The number of nitrogens with zero attached hydrogens (tertiary/aromatic N) is 1. The van der Waals surface area contributed by atoms with Gasteiger partial charge in [-0.2, -0.15) is 0 Å². The van der Waals surface area contributed by atoms with E-state index in [-0.39, 0.29) is 6.23 Å². The first-order valence-corrected chi connectivity index (χ1v) is 5.49. The lowest BCUT2D eigenvalue weighted by Crippen LogP contribution is -2.31. The highest BCUT2D eigenvalue weighted by atomic mass is 16.6. The molecule has 0 aromatic carbocycles. The highest BCUT2D eigenvalue weighted by Crippen LogP contribution is 2.26. The summed E-state index contributed by atoms with van der Waals surface area (Å²) >= 11 is 0. The molecule has 0 N–H and O–H groups in total. The van der Waals surface area contributed by atoms with Gasteiger partial charge in [-0.15, -0.1) is 0 Å². The molecule has 5 nitrogen and oxygen atoms in total. The zero-order valence-electron chi connectivity index (χ0n) is 10.1. The molecule has 5 heteroatoms. The Kier molecular flexibility index (Phi) is 4.75. The average molecular weight is 239 g/mol. The Morgan fingerprint density at radius 2 is 2.12 bits per heavy atom. The smallest absolute Gasteiger partial charge is 0.332 e. The Balaban J connectivity index is 2.49. The summed E-state index contributed by atoms with van der Waals surface area (Å²) in [6, 6.07) is 0. The molecule has 0 aromatic heterocycles. The van der Waals surface area contributed by atoms with Gasteiger partial charge in [-0.3, -0.25) is 0 Å². The fraction of sp³-hybridized carbons (Fsp3) is 0.500. The minimum Gasteiger partial charge on any atom is -0.466 e. The Labute approximate surface area is 101 Å². The van der Waals surface area contributed by atoms with Crippen molar-refractivity contribution in [1.29, 1.82) is 0 Å². The van der Waals surface area contributed by atoms with Crippen LogP contribution in [0.15, 0.2) is 24.4 Å². The Morgan fingerprint density at radius 3 is 2.71 bits per heavy atom. The van der Waals surface area contributed by atoms with Crippen LogP contribution in [0.4, 0.5) is 0 Å². The molecule has 0 radical (unpaired) electrons. The topological polar surface area (TPSA) is 55.8 Å². The number of rotatable bonds is 4. The van der Waals surface area contributed by atoms with Gasteiger partial charge in [0, 0.05) is 30.8 Å². The lowest BCUT2D eigenvalue weighted by Gasteiger charge is -2.24. The molecule has 1 heterocycles. The number of carbonyl (C=O) groups excluding carboxylic acids is 2. The Bertz CT molecular complexity index is 348. The predicted molar refractivity (Wildman–Crippen MR) is 61.8 cm³/mol. The molecule has 1 atom stereocenters. The van der Waals surface area contributed by atoms with Gasteiger partial charge in [0.05, 0.1) is 7.11 Å². The molecule has 0 saturated carbocycles. The highest BCUT2D eigenvalue weighted by molar-refractivity contribution is 5.91. The van der Waals surface area contributed by atoms with Crippen molar-refractivity contribution in [3.63, 3.8) is 0 Å². The summed E-state index contributed by atoms with van der Waals surface area (Å²) in [5, 5.41) is 0. The number of esters is 2. The number of carbonyl (C=O) groups is 2. The molecule has 1 rings (SSSR count). The van der Waals surface area contributed by atoms with Gasteiger partial charge >= 0.3 is 11.9 Å². The van der Waals surface area contributed by atoms with Gasteiger partial charge in [-0.05, 0) is 13.3 Å². The van der Waals surface area contributed by atoms with Gasteiger partial charge < -0.3 is 14.4 Å². The molecule has 94 valence electrons. The van der Waals surface area contributed by atoms with Crippen molar-refractivity contribution in [3.05, 3.63) is 24.4 Å². The lowest BCUT2D eigenvalue weighted by molar-refractivity contribution is -0.149. The quantitative estimate of drug-likeness (QED) is 0.545. The van der Waals surface area contributed by atoms with Crippen LogP contribution in [0.3, 0.4) is 0 Å². The van der Waals surface area contributed by atoms with E-state index < -0.39 is 11.9 Å². The fourth-order valence-corrected chi connectivity index (χ4v) is 1.72. The van der Waals surface area contributed by atoms with Crippen LogP contribution < -0.4 is 0 Å². The molecular weight excluding hydrogens is 222 g/mol.